The number of aromatic nitrogens is 2. The zero-order valence-electron chi connectivity index (χ0n) is 12.5. The Morgan fingerprint density at radius 3 is 2.72 bits per heavy atom. The molecule has 0 saturated carbocycles. The Morgan fingerprint density at radius 2 is 2.17 bits per heavy atom. The number of nitrogens with one attached hydrogen (secondary N) is 1. The van der Waals surface area contributed by atoms with Crippen LogP contribution in [0.1, 0.15) is 39.2 Å². The van der Waals surface area contributed by atoms with E-state index >= 15 is 0 Å². The first-order valence-electron chi connectivity index (χ1n) is 6.94. The van der Waals surface area contributed by atoms with Crippen LogP contribution in [0.15, 0.2) is 12.4 Å². The zero-order chi connectivity index (χ0) is 13.5. The minimum atomic E-state index is 0.532. The average Bonchev–Trinajstić information content (AvgIpc) is 2.72. The van der Waals surface area contributed by atoms with Crippen molar-refractivity contribution < 1.29 is 0 Å². The summed E-state index contributed by atoms with van der Waals surface area (Å²) in [6, 6.07) is 1.15. The standard InChI is InChI=1S/C14H28N4/c1-6-7-12(2)15-8-13(3)17(4)10-14-9-16-18(5)11-14/h9,11-13,15H,6-8,10H2,1-5H3. The van der Waals surface area contributed by atoms with Crippen LogP contribution in [-0.4, -0.2) is 40.4 Å². The Hall–Kier alpha value is -0.870. The van der Waals surface area contributed by atoms with Crippen LogP contribution in [0.2, 0.25) is 0 Å². The normalized spacial score (nSPS) is 15.0. The van der Waals surface area contributed by atoms with Crippen LogP contribution in [0.25, 0.3) is 0 Å². The Labute approximate surface area is 111 Å². The zero-order valence-corrected chi connectivity index (χ0v) is 12.5. The highest BCUT2D eigenvalue weighted by Gasteiger charge is 2.11. The van der Waals surface area contributed by atoms with Crippen molar-refractivity contribution in [3.8, 4) is 0 Å². The minimum Gasteiger partial charge on any atom is -0.313 e. The van der Waals surface area contributed by atoms with E-state index in [1.807, 2.05) is 17.9 Å². The molecule has 2 unspecified atom stereocenters. The molecule has 0 aliphatic rings. The molecule has 0 bridgehead atoms. The highest BCUT2D eigenvalue weighted by Crippen LogP contribution is 2.05. The minimum absolute atomic E-state index is 0.532. The van der Waals surface area contributed by atoms with Gasteiger partial charge < -0.3 is 5.32 Å². The molecule has 4 nitrogen and oxygen atoms in total. The third-order valence-electron chi connectivity index (χ3n) is 3.43. The lowest BCUT2D eigenvalue weighted by Gasteiger charge is -2.26. The van der Waals surface area contributed by atoms with Gasteiger partial charge in [0.2, 0.25) is 0 Å². The Kier molecular flexibility index (Phi) is 6.36. The number of hydrogen-bond donors (Lipinski definition) is 1. The van der Waals surface area contributed by atoms with Crippen molar-refractivity contribution in [2.24, 2.45) is 7.05 Å². The first kappa shape index (κ1) is 15.2. The molecule has 18 heavy (non-hydrogen) atoms. The molecule has 0 aliphatic carbocycles. The summed E-state index contributed by atoms with van der Waals surface area (Å²) in [6.07, 6.45) is 6.51. The molecule has 0 aliphatic heterocycles. The molecule has 1 aromatic rings. The SMILES string of the molecule is CCCC(C)NCC(C)N(C)Cc1cnn(C)c1. The van der Waals surface area contributed by atoms with Crippen LogP contribution in [0.5, 0.6) is 0 Å². The van der Waals surface area contributed by atoms with E-state index in [2.05, 4.69) is 49.3 Å². The lowest BCUT2D eigenvalue weighted by atomic mass is 10.2. The summed E-state index contributed by atoms with van der Waals surface area (Å²) < 4.78 is 1.86. The van der Waals surface area contributed by atoms with Gasteiger partial charge in [0.25, 0.3) is 0 Å². The van der Waals surface area contributed by atoms with Gasteiger partial charge in [0, 0.05) is 44.0 Å². The summed E-state index contributed by atoms with van der Waals surface area (Å²) in [6.45, 7) is 8.76. The first-order valence-corrected chi connectivity index (χ1v) is 6.94. The van der Waals surface area contributed by atoms with Crippen LogP contribution in [0.4, 0.5) is 0 Å². The molecule has 0 spiro atoms. The molecule has 1 heterocycles. The Morgan fingerprint density at radius 1 is 1.44 bits per heavy atom. The van der Waals surface area contributed by atoms with Crippen molar-refractivity contribution in [2.45, 2.75) is 52.2 Å². The molecule has 1 aromatic heterocycles. The highest BCUT2D eigenvalue weighted by molar-refractivity contribution is 5.03. The van der Waals surface area contributed by atoms with Gasteiger partial charge in [-0.2, -0.15) is 5.10 Å². The molecule has 104 valence electrons. The molecular formula is C14H28N4. The van der Waals surface area contributed by atoms with Gasteiger partial charge in [-0.05, 0) is 27.3 Å². The molecule has 0 amide bonds. The van der Waals surface area contributed by atoms with Crippen molar-refractivity contribution in [1.82, 2.24) is 20.0 Å². The summed E-state index contributed by atoms with van der Waals surface area (Å²) in [5, 5.41) is 7.79. The molecule has 0 saturated heterocycles. The smallest absolute Gasteiger partial charge is 0.0534 e. The van der Waals surface area contributed by atoms with Crippen molar-refractivity contribution in [1.29, 1.82) is 0 Å². The maximum absolute atomic E-state index is 4.20. The van der Waals surface area contributed by atoms with E-state index in [1.165, 1.54) is 18.4 Å². The van der Waals surface area contributed by atoms with Gasteiger partial charge in [0.05, 0.1) is 6.20 Å². The summed E-state index contributed by atoms with van der Waals surface area (Å²) in [7, 11) is 4.13. The van der Waals surface area contributed by atoms with Crippen LogP contribution in [-0.2, 0) is 13.6 Å². The number of aryl methyl sites for hydroxylation is 1. The number of hydrogen-bond acceptors (Lipinski definition) is 3. The lowest BCUT2D eigenvalue weighted by Crippen LogP contribution is -2.40. The van der Waals surface area contributed by atoms with Gasteiger partial charge in [-0.1, -0.05) is 13.3 Å². The van der Waals surface area contributed by atoms with Crippen LogP contribution in [0, 0.1) is 0 Å². The average molecular weight is 252 g/mol. The summed E-state index contributed by atoms with van der Waals surface area (Å²) in [5.41, 5.74) is 1.27. The van der Waals surface area contributed by atoms with Crippen LogP contribution in [0.3, 0.4) is 0 Å². The summed E-state index contributed by atoms with van der Waals surface area (Å²) in [4.78, 5) is 2.36. The topological polar surface area (TPSA) is 33.1 Å². The molecule has 0 aromatic carbocycles. The number of likely N-dealkylation sites (N-methyl/N-ethyl adjacent to an activating group) is 1. The van der Waals surface area contributed by atoms with Gasteiger partial charge >= 0.3 is 0 Å². The van der Waals surface area contributed by atoms with Crippen molar-refractivity contribution >= 4 is 0 Å². The highest BCUT2D eigenvalue weighted by atomic mass is 15.2. The first-order chi connectivity index (χ1) is 8.52. The number of nitrogens with zero attached hydrogens (tertiary/aromatic N) is 3. The second-order valence-corrected chi connectivity index (χ2v) is 5.38. The monoisotopic (exact) mass is 252 g/mol. The third kappa shape index (κ3) is 5.19. The molecular weight excluding hydrogens is 224 g/mol. The van der Waals surface area contributed by atoms with E-state index in [-0.39, 0.29) is 0 Å². The van der Waals surface area contributed by atoms with Crippen molar-refractivity contribution in [2.75, 3.05) is 13.6 Å². The molecule has 0 radical (unpaired) electrons. The van der Waals surface area contributed by atoms with Gasteiger partial charge in [-0.25, -0.2) is 0 Å². The van der Waals surface area contributed by atoms with E-state index in [4.69, 9.17) is 0 Å². The Balaban J connectivity index is 2.30. The van der Waals surface area contributed by atoms with Crippen LogP contribution >= 0.6 is 0 Å². The maximum atomic E-state index is 4.20. The van der Waals surface area contributed by atoms with Gasteiger partial charge in [-0.3, -0.25) is 9.58 Å². The van der Waals surface area contributed by atoms with E-state index in [0.29, 0.717) is 12.1 Å². The second kappa shape index (κ2) is 7.54. The van der Waals surface area contributed by atoms with Crippen molar-refractivity contribution in [3.63, 3.8) is 0 Å². The van der Waals surface area contributed by atoms with Gasteiger partial charge in [0.15, 0.2) is 0 Å². The number of rotatable bonds is 8. The van der Waals surface area contributed by atoms with E-state index in [9.17, 15) is 0 Å². The molecule has 2 atom stereocenters. The fourth-order valence-electron chi connectivity index (χ4n) is 2.06. The van der Waals surface area contributed by atoms with E-state index in [0.717, 1.165) is 13.1 Å². The second-order valence-electron chi connectivity index (χ2n) is 5.38. The summed E-state index contributed by atoms with van der Waals surface area (Å²) in [5.74, 6) is 0. The molecule has 0 fully saturated rings. The third-order valence-corrected chi connectivity index (χ3v) is 3.43. The van der Waals surface area contributed by atoms with E-state index in [1.54, 1.807) is 0 Å². The summed E-state index contributed by atoms with van der Waals surface area (Å²) >= 11 is 0. The van der Waals surface area contributed by atoms with E-state index < -0.39 is 0 Å². The largest absolute Gasteiger partial charge is 0.313 e. The quantitative estimate of drug-likeness (QED) is 0.768. The molecule has 1 rings (SSSR count). The Bertz CT molecular complexity index is 334. The fourth-order valence-corrected chi connectivity index (χ4v) is 2.06. The predicted octanol–water partition coefficient (Wildman–Crippen LogP) is 2.02. The fraction of sp³-hybridized carbons (Fsp3) is 0.786. The van der Waals surface area contributed by atoms with Crippen LogP contribution < -0.4 is 5.32 Å². The maximum Gasteiger partial charge on any atom is 0.0534 e. The van der Waals surface area contributed by atoms with Crippen molar-refractivity contribution in [3.05, 3.63) is 18.0 Å². The lowest BCUT2D eigenvalue weighted by molar-refractivity contribution is 0.237. The van der Waals surface area contributed by atoms with Gasteiger partial charge in [0.1, 0.15) is 0 Å². The molecule has 1 N–H and O–H groups in total. The molecule has 4 heteroatoms. The van der Waals surface area contributed by atoms with Gasteiger partial charge in [-0.15, -0.1) is 0 Å². The predicted molar refractivity (Wildman–Crippen MR) is 76.5 cm³/mol.